The minimum atomic E-state index is -3.35. The zero-order chi connectivity index (χ0) is 15.5. The zero-order valence-electron chi connectivity index (χ0n) is 12.2. The molecule has 6 heteroatoms. The number of nitriles is 1. The molecule has 0 aliphatic carbocycles. The summed E-state index contributed by atoms with van der Waals surface area (Å²) in [5.41, 5.74) is 6.34. The first-order chi connectivity index (χ1) is 9.92. The van der Waals surface area contributed by atoms with Crippen LogP contribution in [0, 0.1) is 17.2 Å². The average molecular weight is 307 g/mol. The Kier molecular flexibility index (Phi) is 4.99. The molecule has 2 N–H and O–H groups in total. The van der Waals surface area contributed by atoms with Crippen molar-refractivity contribution in [3.05, 3.63) is 29.8 Å². The molecule has 5 nitrogen and oxygen atoms in total. The van der Waals surface area contributed by atoms with Crippen molar-refractivity contribution in [2.45, 2.75) is 24.3 Å². The van der Waals surface area contributed by atoms with E-state index < -0.39 is 9.84 Å². The molecule has 114 valence electrons. The quantitative estimate of drug-likeness (QED) is 0.896. The van der Waals surface area contributed by atoms with Crippen molar-refractivity contribution < 1.29 is 8.42 Å². The number of benzene rings is 1. The Balaban J connectivity index is 2.00. The molecule has 1 aromatic rings. The average Bonchev–Trinajstić information content (AvgIpc) is 2.48. The van der Waals surface area contributed by atoms with Crippen LogP contribution in [0.2, 0.25) is 0 Å². The fourth-order valence-corrected chi connectivity index (χ4v) is 3.91. The van der Waals surface area contributed by atoms with Crippen LogP contribution in [0.15, 0.2) is 29.2 Å². The lowest BCUT2D eigenvalue weighted by Gasteiger charge is -2.34. The topological polar surface area (TPSA) is 87.2 Å². The maximum atomic E-state index is 12.3. The van der Waals surface area contributed by atoms with Crippen LogP contribution >= 0.6 is 0 Å². The Morgan fingerprint density at radius 3 is 2.90 bits per heavy atom. The van der Waals surface area contributed by atoms with Gasteiger partial charge < -0.3 is 10.6 Å². The van der Waals surface area contributed by atoms with Crippen LogP contribution < -0.4 is 5.73 Å². The molecule has 0 bridgehead atoms. The first-order valence-corrected chi connectivity index (χ1v) is 8.78. The highest BCUT2D eigenvalue weighted by molar-refractivity contribution is 7.91. The molecule has 21 heavy (non-hydrogen) atoms. The Bertz CT molecular complexity index is 637. The van der Waals surface area contributed by atoms with Gasteiger partial charge in [0.2, 0.25) is 0 Å². The van der Waals surface area contributed by atoms with Crippen molar-refractivity contribution in [1.29, 1.82) is 5.26 Å². The van der Waals surface area contributed by atoms with Crippen molar-refractivity contribution in [2.75, 3.05) is 25.4 Å². The van der Waals surface area contributed by atoms with Gasteiger partial charge in [0, 0.05) is 19.1 Å². The molecule has 1 fully saturated rings. The first-order valence-electron chi connectivity index (χ1n) is 7.13. The maximum Gasteiger partial charge on any atom is 0.179 e. The minimum Gasteiger partial charge on any atom is -0.327 e. The normalized spacial score (nSPS) is 23.7. The summed E-state index contributed by atoms with van der Waals surface area (Å²) in [4.78, 5) is 2.38. The fraction of sp³-hybridized carbons (Fsp3) is 0.533. The van der Waals surface area contributed by atoms with Crippen molar-refractivity contribution in [3.8, 4) is 6.07 Å². The van der Waals surface area contributed by atoms with Gasteiger partial charge in [-0.05, 0) is 37.1 Å². The highest BCUT2D eigenvalue weighted by Gasteiger charge is 2.24. The van der Waals surface area contributed by atoms with Crippen molar-refractivity contribution in [2.24, 2.45) is 11.7 Å². The maximum absolute atomic E-state index is 12.3. The van der Waals surface area contributed by atoms with E-state index in [0.717, 1.165) is 19.5 Å². The van der Waals surface area contributed by atoms with E-state index in [4.69, 9.17) is 11.0 Å². The molecule has 0 saturated carbocycles. The van der Waals surface area contributed by atoms with E-state index in [1.54, 1.807) is 18.2 Å². The Labute approximate surface area is 126 Å². The summed E-state index contributed by atoms with van der Waals surface area (Å²) < 4.78 is 24.7. The lowest BCUT2D eigenvalue weighted by molar-refractivity contribution is 0.173. The molecule has 0 radical (unpaired) electrons. The molecular weight excluding hydrogens is 286 g/mol. The van der Waals surface area contributed by atoms with Gasteiger partial charge in [0.1, 0.15) is 0 Å². The molecule has 2 rings (SSSR count). The number of nitrogens with two attached hydrogens (primary N) is 1. The van der Waals surface area contributed by atoms with Gasteiger partial charge in [0.05, 0.1) is 22.3 Å². The monoisotopic (exact) mass is 307 g/mol. The minimum absolute atomic E-state index is 0.0733. The molecule has 1 aliphatic rings. The first kappa shape index (κ1) is 16.0. The molecule has 1 aromatic carbocycles. The van der Waals surface area contributed by atoms with Gasteiger partial charge in [-0.15, -0.1) is 0 Å². The molecule has 0 aromatic heterocycles. The predicted molar refractivity (Wildman–Crippen MR) is 81.4 cm³/mol. The van der Waals surface area contributed by atoms with Crippen LogP contribution in [0.4, 0.5) is 0 Å². The largest absolute Gasteiger partial charge is 0.327 e. The second-order valence-electron chi connectivity index (χ2n) is 5.69. The molecule has 2 atom stereocenters. The number of hydrogen-bond donors (Lipinski definition) is 1. The Morgan fingerprint density at radius 2 is 2.24 bits per heavy atom. The molecule has 0 amide bonds. The second-order valence-corrected chi connectivity index (χ2v) is 7.80. The number of sulfone groups is 1. The lowest BCUT2D eigenvalue weighted by Crippen LogP contribution is -2.47. The summed E-state index contributed by atoms with van der Waals surface area (Å²) in [6, 6.07) is 8.37. The molecule has 0 spiro atoms. The number of nitrogens with zero attached hydrogens (tertiary/aromatic N) is 2. The van der Waals surface area contributed by atoms with Gasteiger partial charge >= 0.3 is 0 Å². The molecule has 1 heterocycles. The van der Waals surface area contributed by atoms with Gasteiger partial charge in [0.15, 0.2) is 9.84 Å². The SMILES string of the molecule is CC1CN(CCS(=O)(=O)c2cccc(C#N)c2)CCC1N. The Hall–Kier alpha value is -1.42. The number of piperidine rings is 1. The third-order valence-electron chi connectivity index (χ3n) is 4.05. The van der Waals surface area contributed by atoms with Crippen molar-refractivity contribution >= 4 is 9.84 Å². The van der Waals surface area contributed by atoms with Crippen LogP contribution in [0.3, 0.4) is 0 Å². The summed E-state index contributed by atoms with van der Waals surface area (Å²) in [5.74, 6) is 0.465. The van der Waals surface area contributed by atoms with Crippen molar-refractivity contribution in [1.82, 2.24) is 4.90 Å². The van der Waals surface area contributed by atoms with Crippen LogP contribution in [0.1, 0.15) is 18.9 Å². The van der Waals surface area contributed by atoms with E-state index in [2.05, 4.69) is 11.8 Å². The highest BCUT2D eigenvalue weighted by Crippen LogP contribution is 2.17. The molecule has 1 saturated heterocycles. The number of hydrogen-bond acceptors (Lipinski definition) is 5. The zero-order valence-corrected chi connectivity index (χ0v) is 13.0. The van der Waals surface area contributed by atoms with Gasteiger partial charge in [-0.1, -0.05) is 13.0 Å². The third-order valence-corrected chi connectivity index (χ3v) is 5.75. The van der Waals surface area contributed by atoms with Crippen LogP contribution in [0.5, 0.6) is 0 Å². The molecule has 1 aliphatic heterocycles. The summed E-state index contributed by atoms with van der Waals surface area (Å²) in [6.07, 6.45) is 0.908. The Morgan fingerprint density at radius 1 is 1.48 bits per heavy atom. The summed E-state index contributed by atoms with van der Waals surface area (Å²) >= 11 is 0. The second kappa shape index (κ2) is 6.56. The van der Waals surface area contributed by atoms with Crippen molar-refractivity contribution in [3.63, 3.8) is 0 Å². The van der Waals surface area contributed by atoms with E-state index >= 15 is 0 Å². The van der Waals surface area contributed by atoms with Gasteiger partial charge in [-0.25, -0.2) is 8.42 Å². The number of likely N-dealkylation sites (tertiary alicyclic amines) is 1. The predicted octanol–water partition coefficient (Wildman–Crippen LogP) is 1.00. The van der Waals surface area contributed by atoms with E-state index in [-0.39, 0.29) is 16.7 Å². The third kappa shape index (κ3) is 4.03. The molecule has 2 unspecified atom stereocenters. The summed E-state index contributed by atoms with van der Waals surface area (Å²) in [6.45, 7) is 4.30. The van der Waals surface area contributed by atoms with E-state index in [1.165, 1.54) is 6.07 Å². The smallest absolute Gasteiger partial charge is 0.179 e. The van der Waals surface area contributed by atoms with Crippen LogP contribution in [-0.4, -0.2) is 44.7 Å². The molecular formula is C15H21N3O2S. The van der Waals surface area contributed by atoms with Gasteiger partial charge in [-0.2, -0.15) is 5.26 Å². The fourth-order valence-electron chi connectivity index (χ4n) is 2.58. The van der Waals surface area contributed by atoms with E-state index in [0.29, 0.717) is 18.0 Å². The highest BCUT2D eigenvalue weighted by atomic mass is 32.2. The van der Waals surface area contributed by atoms with Gasteiger partial charge in [-0.3, -0.25) is 0 Å². The summed E-state index contributed by atoms with van der Waals surface area (Å²) in [5, 5.41) is 8.85. The van der Waals surface area contributed by atoms with Gasteiger partial charge in [0.25, 0.3) is 0 Å². The van der Waals surface area contributed by atoms with Crippen LogP contribution in [-0.2, 0) is 9.84 Å². The standard InChI is InChI=1S/C15H21N3O2S/c1-12-11-18(6-5-15(12)17)7-8-21(19,20)14-4-2-3-13(9-14)10-16/h2-4,9,12,15H,5-8,11,17H2,1H3. The van der Waals surface area contributed by atoms with E-state index in [1.807, 2.05) is 6.07 Å². The van der Waals surface area contributed by atoms with Crippen LogP contribution in [0.25, 0.3) is 0 Å². The van der Waals surface area contributed by atoms with E-state index in [9.17, 15) is 8.42 Å². The number of rotatable bonds is 4. The lowest BCUT2D eigenvalue weighted by atomic mass is 9.95. The summed E-state index contributed by atoms with van der Waals surface area (Å²) in [7, 11) is -3.35.